The van der Waals surface area contributed by atoms with Crippen molar-refractivity contribution in [3.8, 4) is 28.5 Å². The van der Waals surface area contributed by atoms with Crippen LogP contribution in [0.2, 0.25) is 0 Å². The van der Waals surface area contributed by atoms with Gasteiger partial charge in [0.05, 0.1) is 16.7 Å². The number of rotatable bonds is 7. The van der Waals surface area contributed by atoms with Crippen molar-refractivity contribution in [2.75, 3.05) is 0 Å². The molecule has 0 amide bonds. The molecule has 3 nitrogen and oxygen atoms in total. The molecule has 58 heavy (non-hydrogen) atoms. The van der Waals surface area contributed by atoms with Gasteiger partial charge in [0.2, 0.25) is 0 Å². The van der Waals surface area contributed by atoms with E-state index in [0.29, 0.717) is 5.82 Å². The minimum atomic E-state index is -2.77. The first-order valence-corrected chi connectivity index (χ1v) is 22.3. The van der Waals surface area contributed by atoms with E-state index in [-0.39, 0.29) is 10.8 Å². The normalized spacial score (nSPS) is 12.3. The third kappa shape index (κ3) is 6.57. The number of hydrogen-bond acceptors (Lipinski definition) is 2. The van der Waals surface area contributed by atoms with Crippen LogP contribution in [0.3, 0.4) is 0 Å². The second-order valence-corrected chi connectivity index (χ2v) is 21.3. The van der Waals surface area contributed by atoms with Crippen LogP contribution in [0.5, 0.6) is 0 Å². The predicted molar refractivity (Wildman–Crippen MR) is 248 cm³/mol. The topological polar surface area (TPSA) is 30.7 Å². The fraction of sp³-hybridized carbons (Fsp3) is 0.148. The van der Waals surface area contributed by atoms with Gasteiger partial charge in [0.15, 0.2) is 13.9 Å². The van der Waals surface area contributed by atoms with Crippen LogP contribution in [-0.4, -0.2) is 22.6 Å². The van der Waals surface area contributed by atoms with Crippen molar-refractivity contribution in [1.29, 1.82) is 0 Å². The summed E-state index contributed by atoms with van der Waals surface area (Å²) in [5.41, 5.74) is 7.84. The Morgan fingerprint density at radius 3 is 1.29 bits per heavy atom. The number of nitrogens with zero attached hydrogens (tertiary/aromatic N) is 3. The van der Waals surface area contributed by atoms with Gasteiger partial charge in [-0.25, -0.2) is 9.97 Å². The Bertz CT molecular complexity index is 2720. The highest BCUT2D eigenvalue weighted by atomic mass is 28.3. The van der Waals surface area contributed by atoms with Crippen LogP contribution >= 0.6 is 0 Å². The summed E-state index contributed by atoms with van der Waals surface area (Å²) in [6.07, 6.45) is 0. The summed E-state index contributed by atoms with van der Waals surface area (Å²) in [7, 11) is -2.77. The molecule has 0 N–H and O–H groups in total. The van der Waals surface area contributed by atoms with Crippen LogP contribution in [0, 0.1) is 0 Å². The lowest BCUT2D eigenvalue weighted by molar-refractivity contribution is 0.590. The van der Waals surface area contributed by atoms with Crippen LogP contribution in [0.4, 0.5) is 0 Å². The van der Waals surface area contributed by atoms with E-state index in [1.165, 1.54) is 42.6 Å². The zero-order valence-corrected chi connectivity index (χ0v) is 35.2. The van der Waals surface area contributed by atoms with E-state index in [9.17, 15) is 0 Å². The molecule has 0 aliphatic heterocycles. The number of hydrogen-bond donors (Lipinski definition) is 0. The molecule has 0 aliphatic rings. The van der Waals surface area contributed by atoms with Crippen LogP contribution in [0.15, 0.2) is 188 Å². The lowest BCUT2D eigenvalue weighted by Gasteiger charge is -2.34. The molecule has 0 saturated heterocycles. The highest BCUT2D eigenvalue weighted by Crippen LogP contribution is 2.38. The molecule has 0 atom stereocenters. The number of aromatic nitrogens is 3. The quantitative estimate of drug-likeness (QED) is 0.119. The standard InChI is InChI=1S/C54H49N3Si/c1-53(2,3)40-30-32-49-46(35-40)47-36-41(54(4,5)6)31-33-50(47)57(49)51-37-48(55-52(56-51)38-20-11-7-12-21-38)39-22-19-29-45(34-39)58(42-23-13-8-14-24-42,43-25-15-9-16-26-43)44-27-17-10-18-28-44/h7-37H,1-6H3. The Morgan fingerprint density at radius 2 is 0.828 bits per heavy atom. The van der Waals surface area contributed by atoms with Gasteiger partial charge in [-0.2, -0.15) is 0 Å². The number of benzene rings is 7. The minimum absolute atomic E-state index is 0.00954. The molecule has 4 heteroatoms. The summed E-state index contributed by atoms with van der Waals surface area (Å²) in [6, 6.07) is 69.0. The summed E-state index contributed by atoms with van der Waals surface area (Å²) in [5, 5.41) is 7.80. The molecule has 9 rings (SSSR count). The van der Waals surface area contributed by atoms with Gasteiger partial charge in [0, 0.05) is 28.0 Å². The van der Waals surface area contributed by atoms with Gasteiger partial charge in [-0.3, -0.25) is 4.57 Å². The van der Waals surface area contributed by atoms with Gasteiger partial charge >= 0.3 is 0 Å². The van der Waals surface area contributed by atoms with Gasteiger partial charge in [-0.1, -0.05) is 199 Å². The average molecular weight is 768 g/mol. The maximum Gasteiger partial charge on any atom is 0.179 e. The van der Waals surface area contributed by atoms with Crippen molar-refractivity contribution in [3.63, 3.8) is 0 Å². The van der Waals surface area contributed by atoms with Crippen molar-refractivity contribution in [2.45, 2.75) is 52.4 Å². The molecule has 0 fully saturated rings. The molecule has 284 valence electrons. The molecule has 0 radical (unpaired) electrons. The molecule has 0 unspecified atom stereocenters. The van der Waals surface area contributed by atoms with E-state index in [4.69, 9.17) is 9.97 Å². The van der Waals surface area contributed by atoms with Crippen LogP contribution in [0.1, 0.15) is 52.7 Å². The van der Waals surface area contributed by atoms with Crippen molar-refractivity contribution in [3.05, 3.63) is 199 Å². The first kappa shape index (κ1) is 37.2. The van der Waals surface area contributed by atoms with Gasteiger partial charge in [-0.05, 0) is 67.0 Å². The van der Waals surface area contributed by atoms with Gasteiger partial charge in [0.25, 0.3) is 0 Å². The second-order valence-electron chi connectivity index (χ2n) is 17.5. The molecular weight excluding hydrogens is 719 g/mol. The Hall–Kier alpha value is -6.36. The first-order chi connectivity index (χ1) is 28.0. The summed E-state index contributed by atoms with van der Waals surface area (Å²) >= 11 is 0. The third-order valence-electron chi connectivity index (χ3n) is 11.7. The molecule has 0 spiro atoms. The van der Waals surface area contributed by atoms with E-state index in [1.807, 2.05) is 6.07 Å². The Balaban J connectivity index is 1.32. The van der Waals surface area contributed by atoms with Crippen molar-refractivity contribution < 1.29 is 0 Å². The third-order valence-corrected chi connectivity index (χ3v) is 16.5. The van der Waals surface area contributed by atoms with Crippen molar-refractivity contribution >= 4 is 50.6 Å². The molecular formula is C54H49N3Si. The second kappa shape index (κ2) is 14.5. The van der Waals surface area contributed by atoms with Gasteiger partial charge in [-0.15, -0.1) is 0 Å². The van der Waals surface area contributed by atoms with Crippen LogP contribution < -0.4 is 20.7 Å². The zero-order chi connectivity index (χ0) is 40.1. The minimum Gasteiger partial charge on any atom is -0.294 e. The fourth-order valence-corrected chi connectivity index (χ4v) is 13.4. The lowest BCUT2D eigenvalue weighted by atomic mass is 9.85. The summed E-state index contributed by atoms with van der Waals surface area (Å²) < 4.78 is 2.35. The van der Waals surface area contributed by atoms with E-state index in [0.717, 1.165) is 33.7 Å². The molecule has 2 heterocycles. The fourth-order valence-electron chi connectivity index (χ4n) is 8.59. The molecule has 9 aromatic rings. The molecule has 2 aromatic heterocycles. The summed E-state index contributed by atoms with van der Waals surface area (Å²) in [5.74, 6) is 1.54. The van der Waals surface area contributed by atoms with Gasteiger partial charge < -0.3 is 0 Å². The van der Waals surface area contributed by atoms with E-state index < -0.39 is 8.07 Å². The summed E-state index contributed by atoms with van der Waals surface area (Å²) in [4.78, 5) is 10.8. The molecule has 0 saturated carbocycles. The van der Waals surface area contributed by atoms with Crippen LogP contribution in [-0.2, 0) is 10.8 Å². The molecule has 7 aromatic carbocycles. The number of fused-ring (bicyclic) bond motifs is 3. The SMILES string of the molecule is CC(C)(C)c1ccc2c(c1)c1cc(C(C)(C)C)ccc1n2-c1cc(-c2cccc([Si](c3ccccc3)(c3ccccc3)c3ccccc3)c2)nc(-c2ccccc2)n1. The average Bonchev–Trinajstić information content (AvgIpc) is 3.58. The lowest BCUT2D eigenvalue weighted by Crippen LogP contribution is -2.74. The highest BCUT2D eigenvalue weighted by molar-refractivity contribution is 7.19. The molecule has 0 bridgehead atoms. The Kier molecular flexibility index (Phi) is 9.33. The monoisotopic (exact) mass is 767 g/mol. The van der Waals surface area contributed by atoms with E-state index >= 15 is 0 Å². The maximum atomic E-state index is 5.39. The smallest absolute Gasteiger partial charge is 0.179 e. The van der Waals surface area contributed by atoms with Crippen LogP contribution in [0.25, 0.3) is 50.3 Å². The zero-order valence-electron chi connectivity index (χ0n) is 34.2. The predicted octanol–water partition coefficient (Wildman–Crippen LogP) is 10.9. The van der Waals surface area contributed by atoms with Crippen molar-refractivity contribution in [1.82, 2.24) is 14.5 Å². The molecule has 0 aliphatic carbocycles. The van der Waals surface area contributed by atoms with Gasteiger partial charge in [0.1, 0.15) is 5.82 Å². The first-order valence-electron chi connectivity index (χ1n) is 20.3. The van der Waals surface area contributed by atoms with E-state index in [1.54, 1.807) is 0 Å². The summed E-state index contributed by atoms with van der Waals surface area (Å²) in [6.45, 7) is 13.7. The largest absolute Gasteiger partial charge is 0.294 e. The Labute approximate surface area is 343 Å². The Morgan fingerprint density at radius 1 is 0.397 bits per heavy atom. The maximum absolute atomic E-state index is 5.39. The van der Waals surface area contributed by atoms with Crippen molar-refractivity contribution in [2.24, 2.45) is 0 Å². The van der Waals surface area contributed by atoms with E-state index in [2.05, 4.69) is 228 Å². The highest BCUT2D eigenvalue weighted by Gasteiger charge is 2.41.